The van der Waals surface area contributed by atoms with Gasteiger partial charge in [-0.1, -0.05) is 71.3 Å². The average Bonchev–Trinajstić information content (AvgIpc) is 3.31. The fourth-order valence-electron chi connectivity index (χ4n) is 9.17. The van der Waals surface area contributed by atoms with E-state index in [4.69, 9.17) is 23.7 Å². The van der Waals surface area contributed by atoms with Crippen LogP contribution in [0.4, 0.5) is 18.9 Å². The van der Waals surface area contributed by atoms with Crippen molar-refractivity contribution >= 4 is 51.6 Å². The van der Waals surface area contributed by atoms with Crippen molar-refractivity contribution in [2.75, 3.05) is 50.7 Å². The van der Waals surface area contributed by atoms with Gasteiger partial charge in [0.2, 0.25) is 0 Å². The number of pyridine rings is 1. The van der Waals surface area contributed by atoms with E-state index in [-0.39, 0.29) is 42.7 Å². The largest absolute Gasteiger partial charge is 0.496 e. The van der Waals surface area contributed by atoms with Crippen LogP contribution in [0.3, 0.4) is 0 Å². The second-order valence-corrected chi connectivity index (χ2v) is 21.2. The fourth-order valence-corrected chi connectivity index (χ4v) is 9.40. The topological polar surface area (TPSA) is 129 Å². The van der Waals surface area contributed by atoms with E-state index >= 15 is 13.2 Å². The molecule has 1 N–H and O–H groups in total. The maximum Gasteiger partial charge on any atom is 0.417 e. The molecule has 0 spiro atoms. The lowest BCUT2D eigenvalue weighted by Crippen LogP contribution is -2.46. The van der Waals surface area contributed by atoms with Gasteiger partial charge in [0, 0.05) is 47.5 Å². The van der Waals surface area contributed by atoms with Crippen LogP contribution in [0.15, 0.2) is 60.8 Å². The lowest BCUT2D eigenvalue weighted by molar-refractivity contribution is -0.164. The van der Waals surface area contributed by atoms with Crippen LogP contribution in [-0.2, 0) is 43.1 Å². The van der Waals surface area contributed by atoms with E-state index in [0.29, 0.717) is 67.0 Å². The lowest BCUT2D eigenvalue weighted by Gasteiger charge is -2.36. The standard InChI is InChI=1S/C56H70BrF3N4O8/c1-36-38(22-23-39-31-50(70-29-28-69-27-24-57)40(30-44(39)56(58,59)60)34-63-25-12-10-20-47(63)52(66)71-54(3,4)5)16-14-17-42(36)43-18-15-19-45(37(43)2)62-51(65)46-32-49(68-9)41(33-61-46)35-64-26-13-11-21-48(64)53(67)72-55(6,7)8/h14-19,22-23,30-33,47-48H,10-13,20-21,24-29,34-35H2,1-9H3,(H,62,65)/b23-22+/t47-,48-/m0/s1. The Balaban J connectivity index is 1.25. The zero-order valence-corrected chi connectivity index (χ0v) is 44.7. The van der Waals surface area contributed by atoms with Gasteiger partial charge in [0.25, 0.3) is 5.91 Å². The summed E-state index contributed by atoms with van der Waals surface area (Å²) in [4.78, 5) is 48.7. The van der Waals surface area contributed by atoms with E-state index in [2.05, 4.69) is 31.1 Å². The fraction of sp³-hybridized carbons (Fsp3) is 0.500. The Morgan fingerprint density at radius 3 is 1.90 bits per heavy atom. The normalized spacial score (nSPS) is 17.2. The number of carbonyl (C=O) groups excluding carboxylic acids is 3. The van der Waals surface area contributed by atoms with Gasteiger partial charge in [-0.25, -0.2) is 0 Å². The Kier molecular flexibility index (Phi) is 19.2. The SMILES string of the molecule is COc1cc(C(=O)Nc2cccc(-c3cccc(/C=C/c4cc(OCCOCCBr)c(CN5CCCC[C@H]5C(=O)OC(C)(C)C)cc4C(F)(F)F)c3C)c2C)ncc1CN1CCCC[C@H]1C(=O)OC(C)(C)C. The Hall–Kier alpha value is -5.29. The number of amides is 1. The molecule has 72 heavy (non-hydrogen) atoms. The number of anilines is 1. The minimum Gasteiger partial charge on any atom is -0.496 e. The van der Waals surface area contributed by atoms with Crippen molar-refractivity contribution in [1.82, 2.24) is 14.8 Å². The second-order valence-electron chi connectivity index (χ2n) is 20.4. The summed E-state index contributed by atoms with van der Waals surface area (Å²) in [6.45, 7) is 17.2. The van der Waals surface area contributed by atoms with Crippen molar-refractivity contribution in [3.05, 3.63) is 105 Å². The van der Waals surface area contributed by atoms with E-state index in [0.717, 1.165) is 59.6 Å². The van der Waals surface area contributed by atoms with Gasteiger partial charge >= 0.3 is 18.1 Å². The number of hydrogen-bond acceptors (Lipinski definition) is 11. The minimum absolute atomic E-state index is 0.0590. The number of methoxy groups -OCH3 is 1. The van der Waals surface area contributed by atoms with Crippen LogP contribution in [0.5, 0.6) is 11.5 Å². The molecule has 4 aromatic rings. The zero-order valence-electron chi connectivity index (χ0n) is 43.1. The molecule has 0 aliphatic carbocycles. The summed E-state index contributed by atoms with van der Waals surface area (Å²) in [6, 6.07) is 14.4. The molecule has 16 heteroatoms. The number of nitrogens with one attached hydrogen (secondary N) is 1. The number of aromatic nitrogens is 1. The summed E-state index contributed by atoms with van der Waals surface area (Å²) in [5.74, 6) is -0.355. The van der Waals surface area contributed by atoms with Gasteiger partial charge in [-0.05, 0) is 146 Å². The first-order valence-corrected chi connectivity index (χ1v) is 25.9. The summed E-state index contributed by atoms with van der Waals surface area (Å²) in [6.07, 6.45) is 4.72. The van der Waals surface area contributed by atoms with Crippen molar-refractivity contribution in [3.8, 4) is 22.6 Å². The summed E-state index contributed by atoms with van der Waals surface area (Å²) in [5.41, 5.74) is 3.45. The molecule has 0 unspecified atom stereocenters. The molecular formula is C56H70BrF3N4O8. The predicted molar refractivity (Wildman–Crippen MR) is 278 cm³/mol. The van der Waals surface area contributed by atoms with E-state index in [1.165, 1.54) is 19.3 Å². The quantitative estimate of drug-likeness (QED) is 0.0442. The first-order chi connectivity index (χ1) is 34.1. The number of alkyl halides is 4. The Labute approximate surface area is 431 Å². The van der Waals surface area contributed by atoms with Gasteiger partial charge in [0.1, 0.15) is 47.1 Å². The number of benzene rings is 3. The third-order valence-corrected chi connectivity index (χ3v) is 13.0. The Bertz CT molecular complexity index is 2570. The third kappa shape index (κ3) is 15.1. The summed E-state index contributed by atoms with van der Waals surface area (Å²) < 4.78 is 74.2. The van der Waals surface area contributed by atoms with Crippen LogP contribution in [-0.4, -0.2) is 101 Å². The first kappa shape index (κ1) is 56.0. The average molecular weight is 1060 g/mol. The molecule has 2 aliphatic rings. The summed E-state index contributed by atoms with van der Waals surface area (Å²) in [7, 11) is 1.53. The van der Waals surface area contributed by atoms with E-state index in [9.17, 15) is 14.4 Å². The number of ether oxygens (including phenoxy) is 5. The van der Waals surface area contributed by atoms with Crippen molar-refractivity contribution in [1.29, 1.82) is 0 Å². The molecule has 0 saturated carbocycles. The van der Waals surface area contributed by atoms with Crippen LogP contribution in [0, 0.1) is 13.8 Å². The zero-order chi connectivity index (χ0) is 52.4. The molecule has 1 amide bonds. The van der Waals surface area contributed by atoms with Crippen molar-refractivity contribution < 1.29 is 51.2 Å². The Morgan fingerprint density at radius 1 is 0.736 bits per heavy atom. The number of rotatable bonds is 18. The number of carbonyl (C=O) groups is 3. The van der Waals surface area contributed by atoms with Crippen LogP contribution < -0.4 is 14.8 Å². The number of hydrogen-bond donors (Lipinski definition) is 1. The molecule has 390 valence electrons. The molecule has 6 rings (SSSR count). The number of halogens is 4. The summed E-state index contributed by atoms with van der Waals surface area (Å²) in [5, 5.41) is 3.64. The number of esters is 2. The molecule has 3 heterocycles. The molecule has 2 saturated heterocycles. The maximum absolute atomic E-state index is 15.1. The molecule has 2 atom stereocenters. The van der Waals surface area contributed by atoms with Crippen LogP contribution in [0.2, 0.25) is 0 Å². The number of likely N-dealkylation sites (tertiary alicyclic amines) is 2. The molecule has 2 fully saturated rings. The highest BCUT2D eigenvalue weighted by Crippen LogP contribution is 2.39. The van der Waals surface area contributed by atoms with Gasteiger partial charge in [-0.3, -0.25) is 29.2 Å². The minimum atomic E-state index is -4.71. The smallest absolute Gasteiger partial charge is 0.417 e. The van der Waals surface area contributed by atoms with Gasteiger partial charge in [0.05, 0.1) is 25.9 Å². The van der Waals surface area contributed by atoms with Crippen molar-refractivity contribution in [3.63, 3.8) is 0 Å². The number of nitrogens with zero attached hydrogens (tertiary/aromatic N) is 3. The van der Waals surface area contributed by atoms with Gasteiger partial charge in [-0.15, -0.1) is 0 Å². The monoisotopic (exact) mass is 1060 g/mol. The highest BCUT2D eigenvalue weighted by atomic mass is 79.9. The molecule has 2 aliphatic heterocycles. The Morgan fingerprint density at radius 2 is 1.32 bits per heavy atom. The highest BCUT2D eigenvalue weighted by molar-refractivity contribution is 9.09. The number of piperidine rings is 2. The van der Waals surface area contributed by atoms with Gasteiger partial charge < -0.3 is 29.0 Å². The summed E-state index contributed by atoms with van der Waals surface area (Å²) >= 11 is 3.34. The van der Waals surface area contributed by atoms with Crippen LogP contribution in [0.25, 0.3) is 23.3 Å². The van der Waals surface area contributed by atoms with E-state index < -0.39 is 46.9 Å². The van der Waals surface area contributed by atoms with Gasteiger partial charge in [0.15, 0.2) is 0 Å². The first-order valence-electron chi connectivity index (χ1n) is 24.7. The third-order valence-electron chi connectivity index (χ3n) is 12.7. The predicted octanol–water partition coefficient (Wildman–Crippen LogP) is 12.0. The lowest BCUT2D eigenvalue weighted by atomic mass is 9.92. The molecule has 0 bridgehead atoms. The van der Waals surface area contributed by atoms with Crippen molar-refractivity contribution in [2.24, 2.45) is 0 Å². The van der Waals surface area contributed by atoms with E-state index in [1.54, 1.807) is 45.2 Å². The maximum atomic E-state index is 15.1. The molecule has 12 nitrogen and oxygen atoms in total. The van der Waals surface area contributed by atoms with Crippen LogP contribution >= 0.6 is 15.9 Å². The van der Waals surface area contributed by atoms with E-state index in [1.807, 2.05) is 69.9 Å². The molecule has 0 radical (unpaired) electrons. The van der Waals surface area contributed by atoms with Gasteiger partial charge in [-0.2, -0.15) is 13.2 Å². The van der Waals surface area contributed by atoms with Crippen molar-refractivity contribution in [2.45, 2.75) is 136 Å². The molecular weight excluding hydrogens is 994 g/mol. The highest BCUT2D eigenvalue weighted by Gasteiger charge is 2.37. The molecule has 1 aromatic heterocycles. The molecule has 3 aromatic carbocycles. The second kappa shape index (κ2) is 24.6. The van der Waals surface area contributed by atoms with Crippen LogP contribution in [0.1, 0.15) is 129 Å².